The van der Waals surface area contributed by atoms with Crippen LogP contribution in [-0.2, 0) is 0 Å². The van der Waals surface area contributed by atoms with Gasteiger partial charge in [-0.25, -0.2) is 4.39 Å². The Kier molecular flexibility index (Phi) is 6.77. The molecule has 1 aromatic carbocycles. The Morgan fingerprint density at radius 1 is 1.39 bits per heavy atom. The van der Waals surface area contributed by atoms with Crippen molar-refractivity contribution in [3.63, 3.8) is 0 Å². The molecule has 0 bridgehead atoms. The van der Waals surface area contributed by atoms with Crippen molar-refractivity contribution >= 4 is 0 Å². The summed E-state index contributed by atoms with van der Waals surface area (Å²) in [6.07, 6.45) is 0.912. The highest BCUT2D eigenvalue weighted by molar-refractivity contribution is 5.22. The fourth-order valence-corrected chi connectivity index (χ4v) is 2.29. The maximum Gasteiger partial charge on any atom is 0.182 e. The highest BCUT2D eigenvalue weighted by Crippen LogP contribution is 2.15. The van der Waals surface area contributed by atoms with Crippen molar-refractivity contribution in [3.05, 3.63) is 30.1 Å². The van der Waals surface area contributed by atoms with E-state index in [4.69, 9.17) is 15.6 Å². The predicted molar refractivity (Wildman–Crippen MR) is 82.9 cm³/mol. The first kappa shape index (κ1) is 17.7. The van der Waals surface area contributed by atoms with Gasteiger partial charge in [-0.2, -0.15) is 0 Å². The summed E-state index contributed by atoms with van der Waals surface area (Å²) >= 11 is 0. The normalized spacial score (nSPS) is 21.8. The van der Waals surface area contributed by atoms with Crippen LogP contribution in [0.1, 0.15) is 19.3 Å². The maximum atomic E-state index is 12.8. The number of aliphatic hydroxyl groups excluding tert-OH is 1. The maximum absolute atomic E-state index is 12.8. The topological polar surface area (TPSA) is 91.0 Å². The third kappa shape index (κ3) is 6.14. The van der Waals surface area contributed by atoms with Crippen LogP contribution in [0.15, 0.2) is 24.3 Å². The van der Waals surface area contributed by atoms with Crippen molar-refractivity contribution in [2.24, 2.45) is 5.73 Å². The molecular weight excluding hydrogens is 301 g/mol. The number of halogens is 1. The lowest BCUT2D eigenvalue weighted by Crippen LogP contribution is -2.39. The van der Waals surface area contributed by atoms with Gasteiger partial charge in [-0.05, 0) is 37.1 Å². The summed E-state index contributed by atoms with van der Waals surface area (Å²) in [7, 11) is 0. The first-order valence-corrected chi connectivity index (χ1v) is 7.56. The van der Waals surface area contributed by atoms with Crippen molar-refractivity contribution in [2.45, 2.75) is 37.7 Å². The van der Waals surface area contributed by atoms with Crippen molar-refractivity contribution in [1.29, 1.82) is 0 Å². The van der Waals surface area contributed by atoms with E-state index in [1.165, 1.54) is 12.1 Å². The minimum absolute atomic E-state index is 0.0896. The number of benzene rings is 1. The van der Waals surface area contributed by atoms with Gasteiger partial charge in [0, 0.05) is 19.0 Å². The van der Waals surface area contributed by atoms with Gasteiger partial charge in [0.1, 0.15) is 18.2 Å². The third-order valence-corrected chi connectivity index (χ3v) is 3.55. The van der Waals surface area contributed by atoms with E-state index >= 15 is 0 Å². The summed E-state index contributed by atoms with van der Waals surface area (Å²) in [5.41, 5.74) is 5.08. The van der Waals surface area contributed by atoms with Crippen molar-refractivity contribution < 1.29 is 19.4 Å². The first-order valence-electron chi connectivity index (χ1n) is 7.56. The predicted octanol–water partition coefficient (Wildman–Crippen LogP) is 0.644. The number of nitrogens with zero attached hydrogens (tertiary/aromatic N) is 1. The van der Waals surface area contributed by atoms with Crippen LogP contribution in [-0.4, -0.2) is 47.0 Å². The van der Waals surface area contributed by atoms with Crippen molar-refractivity contribution in [1.82, 2.24) is 10.4 Å². The minimum atomic E-state index is -1.38. The molecule has 3 atom stereocenters. The van der Waals surface area contributed by atoms with Gasteiger partial charge in [-0.1, -0.05) is 5.92 Å². The number of aliphatic hydroxyl groups is 1. The van der Waals surface area contributed by atoms with Gasteiger partial charge in [0.15, 0.2) is 6.35 Å². The number of hydrogen-bond donors (Lipinski definition) is 4. The van der Waals surface area contributed by atoms with Gasteiger partial charge in [0.25, 0.3) is 0 Å². The molecule has 0 aliphatic carbocycles. The number of hydrogen-bond acceptors (Lipinski definition) is 6. The van der Waals surface area contributed by atoms with Gasteiger partial charge >= 0.3 is 0 Å². The molecule has 0 spiro atoms. The molecule has 1 aliphatic rings. The summed E-state index contributed by atoms with van der Waals surface area (Å²) in [6, 6.07) is 6.25. The largest absolute Gasteiger partial charge is 0.492 e. The lowest BCUT2D eigenvalue weighted by Gasteiger charge is -2.15. The molecule has 23 heavy (non-hydrogen) atoms. The van der Waals surface area contributed by atoms with Gasteiger partial charge < -0.3 is 15.1 Å². The van der Waals surface area contributed by atoms with Gasteiger partial charge in [-0.3, -0.25) is 11.1 Å². The smallest absolute Gasteiger partial charge is 0.182 e. The van der Waals surface area contributed by atoms with Crippen LogP contribution < -0.4 is 15.8 Å². The molecule has 1 saturated heterocycles. The zero-order chi connectivity index (χ0) is 16.7. The van der Waals surface area contributed by atoms with E-state index in [2.05, 4.69) is 17.2 Å². The Bertz CT molecular complexity index is 542. The second-order valence-corrected chi connectivity index (χ2v) is 5.41. The van der Waals surface area contributed by atoms with Crippen LogP contribution in [0.4, 0.5) is 4.39 Å². The highest BCUT2D eigenvalue weighted by Gasteiger charge is 2.22. The fourth-order valence-electron chi connectivity index (χ4n) is 2.29. The SMILES string of the molecule is NC(O)N(O)CCC#CC1CC[C@@H](COc2ccc(F)cc2)N1. The van der Waals surface area contributed by atoms with E-state index in [0.717, 1.165) is 12.8 Å². The summed E-state index contributed by atoms with van der Waals surface area (Å²) in [4.78, 5) is 0. The van der Waals surface area contributed by atoms with Gasteiger partial charge in [0.2, 0.25) is 0 Å². The Labute approximate surface area is 135 Å². The van der Waals surface area contributed by atoms with E-state index in [9.17, 15) is 9.60 Å². The molecule has 1 heterocycles. The van der Waals surface area contributed by atoms with E-state index < -0.39 is 6.35 Å². The second kappa shape index (κ2) is 8.82. The zero-order valence-corrected chi connectivity index (χ0v) is 12.8. The Hall–Kier alpha value is -1.69. The minimum Gasteiger partial charge on any atom is -0.492 e. The molecule has 2 unspecified atom stereocenters. The first-order chi connectivity index (χ1) is 11.0. The van der Waals surface area contributed by atoms with Crippen molar-refractivity contribution in [2.75, 3.05) is 13.2 Å². The van der Waals surface area contributed by atoms with E-state index in [1.807, 2.05) is 0 Å². The average molecular weight is 323 g/mol. The summed E-state index contributed by atoms with van der Waals surface area (Å²) < 4.78 is 18.4. The average Bonchev–Trinajstić information content (AvgIpc) is 2.98. The van der Waals surface area contributed by atoms with Gasteiger partial charge in [-0.15, -0.1) is 11.0 Å². The Morgan fingerprint density at radius 2 is 2.13 bits per heavy atom. The number of hydroxylamine groups is 2. The number of nitrogens with one attached hydrogen (secondary N) is 1. The fraction of sp³-hybridized carbons (Fsp3) is 0.500. The summed E-state index contributed by atoms with van der Waals surface area (Å²) in [6.45, 7) is 0.697. The van der Waals surface area contributed by atoms with Gasteiger partial charge in [0.05, 0.1) is 6.04 Å². The molecule has 0 amide bonds. The molecule has 0 aromatic heterocycles. The molecule has 1 aromatic rings. The van der Waals surface area contributed by atoms with Crippen LogP contribution >= 0.6 is 0 Å². The number of nitrogens with two attached hydrogens (primary N) is 1. The van der Waals surface area contributed by atoms with E-state index in [0.29, 0.717) is 23.8 Å². The molecule has 0 saturated carbocycles. The monoisotopic (exact) mass is 323 g/mol. The molecule has 1 aliphatic heterocycles. The highest BCUT2D eigenvalue weighted by atomic mass is 19.1. The van der Waals surface area contributed by atoms with Crippen LogP contribution in [0, 0.1) is 17.7 Å². The molecular formula is C16H22FN3O3. The summed E-state index contributed by atoms with van der Waals surface area (Å²) in [5.74, 6) is 6.40. The standard InChI is InChI=1S/C16H22FN3O3/c17-12-4-8-15(9-5-12)23-11-14-7-6-13(19-14)3-1-2-10-20(22)16(18)21/h4-5,8-9,13-14,16,19,21-22H,2,6-7,10-11,18H2/t13?,14-,16?/m0/s1. The molecule has 5 N–H and O–H groups in total. The number of ether oxygens (including phenoxy) is 1. The third-order valence-electron chi connectivity index (χ3n) is 3.55. The van der Waals surface area contributed by atoms with Crippen LogP contribution in [0.5, 0.6) is 5.75 Å². The number of rotatable bonds is 6. The molecule has 1 fully saturated rings. The second-order valence-electron chi connectivity index (χ2n) is 5.41. The molecule has 2 rings (SSSR count). The molecule has 126 valence electrons. The van der Waals surface area contributed by atoms with Crippen LogP contribution in [0.2, 0.25) is 0 Å². The van der Waals surface area contributed by atoms with Crippen LogP contribution in [0.25, 0.3) is 0 Å². The summed E-state index contributed by atoms with van der Waals surface area (Å²) in [5, 5.41) is 22.1. The Morgan fingerprint density at radius 3 is 2.83 bits per heavy atom. The zero-order valence-electron chi connectivity index (χ0n) is 12.8. The lowest BCUT2D eigenvalue weighted by atomic mass is 10.2. The Balaban J connectivity index is 1.67. The van der Waals surface area contributed by atoms with E-state index in [1.54, 1.807) is 12.1 Å². The lowest BCUT2D eigenvalue weighted by molar-refractivity contribution is -0.192. The van der Waals surface area contributed by atoms with Crippen LogP contribution in [0.3, 0.4) is 0 Å². The molecule has 7 heteroatoms. The molecule has 0 radical (unpaired) electrons. The van der Waals surface area contributed by atoms with Crippen molar-refractivity contribution in [3.8, 4) is 17.6 Å². The van der Waals surface area contributed by atoms with E-state index in [-0.39, 0.29) is 24.4 Å². The quantitative estimate of drug-likeness (QED) is 0.349. The molecule has 6 nitrogen and oxygen atoms in total.